The first-order chi connectivity index (χ1) is 16.4. The summed E-state index contributed by atoms with van der Waals surface area (Å²) in [6.45, 7) is 4.07. The maximum absolute atomic E-state index is 12.6. The summed E-state index contributed by atoms with van der Waals surface area (Å²) in [6, 6.07) is 16.3. The molecule has 2 atom stereocenters. The number of hydrogen-bond acceptors (Lipinski definition) is 7. The second-order valence-corrected chi connectivity index (χ2v) is 8.14. The van der Waals surface area contributed by atoms with E-state index in [1.54, 1.807) is 17.0 Å². The Bertz CT molecular complexity index is 1200. The van der Waals surface area contributed by atoms with Gasteiger partial charge in [0.2, 0.25) is 5.88 Å². The van der Waals surface area contributed by atoms with Gasteiger partial charge in [0.1, 0.15) is 12.4 Å². The number of nitrogens with one attached hydrogen (secondary N) is 1. The number of rotatable bonds is 8. The minimum atomic E-state index is -1.17. The van der Waals surface area contributed by atoms with Crippen molar-refractivity contribution in [2.45, 2.75) is 32.4 Å². The minimum Gasteiger partial charge on any atom is -0.481 e. The van der Waals surface area contributed by atoms with Crippen LogP contribution in [0.25, 0.3) is 0 Å². The Morgan fingerprint density at radius 1 is 1.24 bits per heavy atom. The van der Waals surface area contributed by atoms with Crippen molar-refractivity contribution in [2.24, 2.45) is 0 Å². The first-order valence-corrected chi connectivity index (χ1v) is 10.9. The van der Waals surface area contributed by atoms with Crippen molar-refractivity contribution in [2.75, 3.05) is 23.9 Å². The van der Waals surface area contributed by atoms with Crippen LogP contribution in [0, 0.1) is 6.92 Å². The van der Waals surface area contributed by atoms with Gasteiger partial charge in [0, 0.05) is 6.07 Å². The number of aromatic carboxylic acids is 1. The first-order valence-electron chi connectivity index (χ1n) is 10.9. The number of carbonyl (C=O) groups is 2. The highest BCUT2D eigenvalue weighted by molar-refractivity contribution is 5.92. The SMILES string of the molecule is COc1ccc(NC(C)c2cc(C)cc(N3C(=O)OC[C@@H]3Cc3ccccc3)n2)c(C(=O)O)n1. The predicted octanol–water partition coefficient (Wildman–Crippen LogP) is 4.23. The summed E-state index contributed by atoms with van der Waals surface area (Å²) in [5.74, 6) is -0.461. The molecule has 2 N–H and O–H groups in total. The molecule has 0 radical (unpaired) electrons. The number of ether oxygens (including phenoxy) is 2. The van der Waals surface area contributed by atoms with E-state index in [-0.39, 0.29) is 30.3 Å². The molecule has 4 rings (SSSR count). The van der Waals surface area contributed by atoms with Gasteiger partial charge >= 0.3 is 12.1 Å². The zero-order valence-electron chi connectivity index (χ0n) is 19.2. The number of nitrogens with zero attached hydrogens (tertiary/aromatic N) is 3. The Balaban J connectivity index is 1.60. The van der Waals surface area contributed by atoms with Gasteiger partial charge in [0.15, 0.2) is 5.69 Å². The third-order valence-corrected chi connectivity index (χ3v) is 5.60. The van der Waals surface area contributed by atoms with Gasteiger partial charge in [-0.15, -0.1) is 0 Å². The number of hydrogen-bond donors (Lipinski definition) is 2. The lowest BCUT2D eigenvalue weighted by molar-refractivity contribution is 0.0690. The van der Waals surface area contributed by atoms with E-state index in [1.807, 2.05) is 56.3 Å². The van der Waals surface area contributed by atoms with Crippen LogP contribution in [0.4, 0.5) is 16.3 Å². The topological polar surface area (TPSA) is 114 Å². The Morgan fingerprint density at radius 3 is 2.71 bits per heavy atom. The molecule has 0 aliphatic carbocycles. The Hall–Kier alpha value is -4.14. The van der Waals surface area contributed by atoms with Crippen LogP contribution in [0.5, 0.6) is 5.88 Å². The van der Waals surface area contributed by atoms with Crippen molar-refractivity contribution in [1.82, 2.24) is 9.97 Å². The number of carboxylic acid groups (broad SMARTS) is 1. The summed E-state index contributed by atoms with van der Waals surface area (Å²) in [5, 5.41) is 12.7. The molecule has 9 nitrogen and oxygen atoms in total. The number of aromatic nitrogens is 2. The summed E-state index contributed by atoms with van der Waals surface area (Å²) in [7, 11) is 1.43. The van der Waals surface area contributed by atoms with Crippen LogP contribution in [0.2, 0.25) is 0 Å². The lowest BCUT2D eigenvalue weighted by atomic mass is 10.1. The standard InChI is InChI=1S/C25H26N4O5/c1-15-11-20(16(2)26-19-9-10-22(33-3)28-23(19)24(30)31)27-21(12-15)29-18(14-34-25(29)32)13-17-7-5-4-6-8-17/h4-12,16,18,26H,13-14H2,1-3H3,(H,30,31)/t16?,18-/m0/s1. The molecule has 34 heavy (non-hydrogen) atoms. The van der Waals surface area contributed by atoms with E-state index in [0.29, 0.717) is 23.6 Å². The van der Waals surface area contributed by atoms with Gasteiger partial charge in [-0.05, 0) is 49.6 Å². The summed E-state index contributed by atoms with van der Waals surface area (Å²) >= 11 is 0. The molecule has 9 heteroatoms. The number of pyridine rings is 2. The smallest absolute Gasteiger partial charge is 0.415 e. The quantitative estimate of drug-likeness (QED) is 0.511. The summed E-state index contributed by atoms with van der Waals surface area (Å²) in [5.41, 5.74) is 2.86. The van der Waals surface area contributed by atoms with Gasteiger partial charge in [-0.3, -0.25) is 4.90 Å². The second-order valence-electron chi connectivity index (χ2n) is 8.14. The van der Waals surface area contributed by atoms with E-state index in [9.17, 15) is 14.7 Å². The van der Waals surface area contributed by atoms with E-state index in [1.165, 1.54) is 7.11 Å². The molecule has 176 valence electrons. The van der Waals surface area contributed by atoms with Crippen LogP contribution < -0.4 is 15.0 Å². The van der Waals surface area contributed by atoms with Crippen molar-refractivity contribution in [3.8, 4) is 5.88 Å². The number of carboxylic acids is 1. The fourth-order valence-corrected chi connectivity index (χ4v) is 3.94. The minimum absolute atomic E-state index is 0.148. The Morgan fingerprint density at radius 2 is 2.00 bits per heavy atom. The van der Waals surface area contributed by atoms with Gasteiger partial charge in [-0.1, -0.05) is 30.3 Å². The summed E-state index contributed by atoms with van der Waals surface area (Å²) in [6.07, 6.45) is 0.211. The zero-order valence-corrected chi connectivity index (χ0v) is 19.2. The molecule has 1 aliphatic rings. The molecule has 1 amide bonds. The van der Waals surface area contributed by atoms with Crippen LogP contribution in [0.15, 0.2) is 54.6 Å². The van der Waals surface area contributed by atoms with Crippen molar-refractivity contribution in [3.63, 3.8) is 0 Å². The molecule has 1 aromatic carbocycles. The lowest BCUT2D eigenvalue weighted by Crippen LogP contribution is -2.36. The number of anilines is 2. The summed E-state index contributed by atoms with van der Waals surface area (Å²) < 4.78 is 10.4. The second kappa shape index (κ2) is 9.78. The number of methoxy groups -OCH3 is 1. The maximum Gasteiger partial charge on any atom is 0.415 e. The third-order valence-electron chi connectivity index (χ3n) is 5.60. The van der Waals surface area contributed by atoms with Crippen LogP contribution in [-0.2, 0) is 11.2 Å². The Labute approximate surface area is 197 Å². The Kier molecular flexibility index (Phi) is 6.62. The predicted molar refractivity (Wildman–Crippen MR) is 127 cm³/mol. The largest absolute Gasteiger partial charge is 0.481 e. The number of cyclic esters (lactones) is 1. The van der Waals surface area contributed by atoms with Crippen LogP contribution in [0.1, 0.15) is 40.3 Å². The van der Waals surface area contributed by atoms with E-state index >= 15 is 0 Å². The molecule has 0 bridgehead atoms. The van der Waals surface area contributed by atoms with E-state index in [4.69, 9.17) is 14.5 Å². The van der Waals surface area contributed by atoms with Crippen LogP contribution >= 0.6 is 0 Å². The third kappa shape index (κ3) is 4.93. The highest BCUT2D eigenvalue weighted by Crippen LogP contribution is 2.28. The molecule has 1 saturated heterocycles. The van der Waals surface area contributed by atoms with Gasteiger partial charge in [-0.2, -0.15) is 0 Å². The number of carbonyl (C=O) groups excluding carboxylic acids is 1. The average Bonchev–Trinajstić information content (AvgIpc) is 3.19. The number of amides is 1. The molecule has 0 spiro atoms. The normalized spacial score (nSPS) is 16.1. The molecular weight excluding hydrogens is 436 g/mol. The number of benzene rings is 1. The van der Waals surface area contributed by atoms with Crippen LogP contribution in [-0.4, -0.2) is 46.9 Å². The lowest BCUT2D eigenvalue weighted by Gasteiger charge is -2.23. The van der Waals surface area contributed by atoms with Crippen molar-refractivity contribution in [1.29, 1.82) is 0 Å². The highest BCUT2D eigenvalue weighted by atomic mass is 16.6. The monoisotopic (exact) mass is 462 g/mol. The van der Waals surface area contributed by atoms with E-state index in [0.717, 1.165) is 11.1 Å². The average molecular weight is 463 g/mol. The molecule has 1 fully saturated rings. The molecule has 1 aliphatic heterocycles. The van der Waals surface area contributed by atoms with Gasteiger partial charge in [-0.25, -0.2) is 19.6 Å². The van der Waals surface area contributed by atoms with Gasteiger partial charge in [0.25, 0.3) is 0 Å². The van der Waals surface area contributed by atoms with Gasteiger partial charge in [0.05, 0.1) is 30.6 Å². The molecule has 3 aromatic rings. The fraction of sp³-hybridized carbons (Fsp3) is 0.280. The first kappa shape index (κ1) is 23.0. The molecule has 3 heterocycles. The van der Waals surface area contributed by atoms with Crippen LogP contribution in [0.3, 0.4) is 0 Å². The zero-order chi connectivity index (χ0) is 24.2. The van der Waals surface area contributed by atoms with E-state index < -0.39 is 12.1 Å². The molecular formula is C25H26N4O5. The number of aryl methyl sites for hydroxylation is 1. The van der Waals surface area contributed by atoms with Crippen molar-refractivity contribution >= 4 is 23.6 Å². The highest BCUT2D eigenvalue weighted by Gasteiger charge is 2.35. The fourth-order valence-electron chi connectivity index (χ4n) is 3.94. The molecule has 0 saturated carbocycles. The summed E-state index contributed by atoms with van der Waals surface area (Å²) in [4.78, 5) is 34.6. The van der Waals surface area contributed by atoms with Crippen molar-refractivity contribution < 1.29 is 24.2 Å². The molecule has 2 aromatic heterocycles. The van der Waals surface area contributed by atoms with Crippen molar-refractivity contribution in [3.05, 3.63) is 77.1 Å². The van der Waals surface area contributed by atoms with Gasteiger partial charge < -0.3 is 19.9 Å². The van der Waals surface area contributed by atoms with E-state index in [2.05, 4.69) is 10.3 Å². The molecule has 1 unspecified atom stereocenters. The maximum atomic E-state index is 12.6.